The summed E-state index contributed by atoms with van der Waals surface area (Å²) in [6, 6.07) is 14.9. The lowest BCUT2D eigenvalue weighted by Gasteiger charge is -2.05. The second-order valence-electron chi connectivity index (χ2n) is 5.41. The van der Waals surface area contributed by atoms with Gasteiger partial charge in [0.05, 0.1) is 5.56 Å². The van der Waals surface area contributed by atoms with Crippen molar-refractivity contribution in [3.63, 3.8) is 0 Å². The molecule has 0 aliphatic carbocycles. The molecule has 5 nitrogen and oxygen atoms in total. The van der Waals surface area contributed by atoms with Gasteiger partial charge in [-0.3, -0.25) is 4.98 Å². The normalized spacial score (nSPS) is 10.8. The summed E-state index contributed by atoms with van der Waals surface area (Å²) >= 11 is 11.8. The molecular weight excluding hydrogens is 375 g/mol. The molecule has 0 bridgehead atoms. The van der Waals surface area contributed by atoms with Gasteiger partial charge < -0.3 is 9.15 Å². The minimum absolute atomic E-state index is 0.259. The van der Waals surface area contributed by atoms with E-state index >= 15 is 0 Å². The first kappa shape index (κ1) is 16.6. The van der Waals surface area contributed by atoms with Gasteiger partial charge in [-0.25, -0.2) is 9.78 Å². The van der Waals surface area contributed by atoms with Crippen molar-refractivity contribution in [2.24, 2.45) is 0 Å². The molecule has 2 heterocycles. The van der Waals surface area contributed by atoms with Crippen LogP contribution in [0, 0.1) is 0 Å². The molecule has 2 aromatic carbocycles. The van der Waals surface area contributed by atoms with E-state index in [4.69, 9.17) is 32.4 Å². The second-order valence-corrected chi connectivity index (χ2v) is 6.28. The van der Waals surface area contributed by atoms with Crippen LogP contribution in [0.25, 0.3) is 22.7 Å². The number of aromatic nitrogens is 2. The molecule has 0 aliphatic heterocycles. The highest BCUT2D eigenvalue weighted by Gasteiger charge is 2.14. The molecule has 0 aliphatic rings. The highest BCUT2D eigenvalue weighted by molar-refractivity contribution is 6.35. The summed E-state index contributed by atoms with van der Waals surface area (Å²) in [5, 5.41) is 0.713. The average molecular weight is 385 g/mol. The van der Waals surface area contributed by atoms with Crippen molar-refractivity contribution >= 4 is 40.3 Å². The van der Waals surface area contributed by atoms with Gasteiger partial charge in [0.25, 0.3) is 0 Å². The Morgan fingerprint density at radius 2 is 1.81 bits per heavy atom. The number of hydrogen-bond donors (Lipinski definition) is 0. The minimum atomic E-state index is -0.571. The Kier molecular flexibility index (Phi) is 4.32. The maximum Gasteiger partial charge on any atom is 0.343 e. The van der Waals surface area contributed by atoms with Crippen molar-refractivity contribution in [2.75, 3.05) is 0 Å². The van der Waals surface area contributed by atoms with Gasteiger partial charge in [0, 0.05) is 22.3 Å². The third-order valence-electron chi connectivity index (χ3n) is 3.55. The van der Waals surface area contributed by atoms with E-state index in [1.807, 2.05) is 12.1 Å². The Morgan fingerprint density at radius 3 is 2.54 bits per heavy atom. The summed E-state index contributed by atoms with van der Waals surface area (Å²) < 4.78 is 11.1. The first-order chi connectivity index (χ1) is 12.6. The van der Waals surface area contributed by atoms with Crippen LogP contribution in [0.15, 0.2) is 65.2 Å². The molecule has 4 aromatic rings. The summed E-state index contributed by atoms with van der Waals surface area (Å²) in [5.74, 6) is 0.145. The van der Waals surface area contributed by atoms with Crippen molar-refractivity contribution in [2.45, 2.75) is 0 Å². The molecule has 0 unspecified atom stereocenters. The number of ether oxygens (including phenoxy) is 1. The molecule has 0 atom stereocenters. The zero-order valence-electron chi connectivity index (χ0n) is 13.1. The van der Waals surface area contributed by atoms with Gasteiger partial charge in [0.1, 0.15) is 17.0 Å². The van der Waals surface area contributed by atoms with Crippen molar-refractivity contribution in [3.8, 4) is 17.3 Å². The first-order valence-electron chi connectivity index (χ1n) is 7.59. The first-order valence-corrected chi connectivity index (χ1v) is 8.34. The monoisotopic (exact) mass is 384 g/mol. The molecule has 0 fully saturated rings. The van der Waals surface area contributed by atoms with Crippen LogP contribution >= 0.6 is 23.2 Å². The van der Waals surface area contributed by atoms with Gasteiger partial charge in [-0.1, -0.05) is 29.3 Å². The van der Waals surface area contributed by atoms with Crippen molar-refractivity contribution in [1.82, 2.24) is 9.97 Å². The minimum Gasteiger partial charge on any atom is -0.435 e. The van der Waals surface area contributed by atoms with Gasteiger partial charge >= 0.3 is 5.97 Å². The molecule has 4 rings (SSSR count). The number of rotatable bonds is 3. The van der Waals surface area contributed by atoms with Crippen molar-refractivity contribution in [3.05, 3.63) is 76.4 Å². The fourth-order valence-corrected chi connectivity index (χ4v) is 2.93. The lowest BCUT2D eigenvalue weighted by molar-refractivity contribution is 0.0735. The van der Waals surface area contributed by atoms with Gasteiger partial charge in [-0.05, 0) is 42.5 Å². The molecule has 7 heteroatoms. The van der Waals surface area contributed by atoms with Gasteiger partial charge in [0.2, 0.25) is 5.89 Å². The third-order valence-corrected chi connectivity index (χ3v) is 3.99. The van der Waals surface area contributed by atoms with Crippen LogP contribution in [0.1, 0.15) is 10.4 Å². The molecule has 26 heavy (non-hydrogen) atoms. The Labute approximate surface area is 158 Å². The highest BCUT2D eigenvalue weighted by Crippen LogP contribution is 2.27. The number of carbonyl (C=O) groups is 1. The molecule has 0 saturated heterocycles. The highest BCUT2D eigenvalue weighted by atomic mass is 35.5. The predicted molar refractivity (Wildman–Crippen MR) is 98.7 cm³/mol. The lowest BCUT2D eigenvalue weighted by atomic mass is 10.2. The topological polar surface area (TPSA) is 65.2 Å². The lowest BCUT2D eigenvalue weighted by Crippen LogP contribution is -2.08. The Bertz CT molecular complexity index is 1090. The molecule has 0 N–H and O–H groups in total. The van der Waals surface area contributed by atoms with Crippen molar-refractivity contribution in [1.29, 1.82) is 0 Å². The Balaban J connectivity index is 1.62. The van der Waals surface area contributed by atoms with Crippen LogP contribution in [0.2, 0.25) is 10.0 Å². The molecule has 0 saturated carbocycles. The molecular formula is C19H10Cl2N2O3. The second kappa shape index (κ2) is 6.78. The summed E-state index contributed by atoms with van der Waals surface area (Å²) in [4.78, 5) is 20.9. The van der Waals surface area contributed by atoms with Crippen LogP contribution in [-0.4, -0.2) is 15.9 Å². The van der Waals surface area contributed by atoms with Gasteiger partial charge in [-0.2, -0.15) is 0 Å². The van der Waals surface area contributed by atoms with Crippen LogP contribution in [0.3, 0.4) is 0 Å². The predicted octanol–water partition coefficient (Wildman–Crippen LogP) is 5.42. The van der Waals surface area contributed by atoms with Crippen LogP contribution < -0.4 is 4.74 Å². The van der Waals surface area contributed by atoms with E-state index in [9.17, 15) is 4.79 Å². The number of benzene rings is 2. The van der Waals surface area contributed by atoms with E-state index in [0.29, 0.717) is 38.5 Å². The molecule has 2 aromatic heterocycles. The molecule has 0 amide bonds. The molecule has 128 valence electrons. The number of fused-ring (bicyclic) bond motifs is 1. The summed E-state index contributed by atoms with van der Waals surface area (Å²) in [5.41, 5.74) is 2.00. The van der Waals surface area contributed by atoms with Crippen LogP contribution in [0.5, 0.6) is 5.75 Å². The standard InChI is InChI=1S/C19H10Cl2N2O3/c20-12-7-11(8-13(21)9-12)19(24)25-14-4-5-15-17(10-14)26-18(23-15)16-3-1-2-6-22-16/h1-10H. The number of hydrogen-bond acceptors (Lipinski definition) is 5. The number of carbonyl (C=O) groups excluding carboxylic acids is 1. The zero-order valence-corrected chi connectivity index (χ0v) is 14.7. The van der Waals surface area contributed by atoms with E-state index in [2.05, 4.69) is 9.97 Å². The quantitative estimate of drug-likeness (QED) is 0.348. The summed E-state index contributed by atoms with van der Waals surface area (Å²) in [7, 11) is 0. The average Bonchev–Trinajstić information content (AvgIpc) is 3.05. The zero-order chi connectivity index (χ0) is 18.1. The number of esters is 1. The van der Waals surface area contributed by atoms with E-state index < -0.39 is 5.97 Å². The summed E-state index contributed by atoms with van der Waals surface area (Å²) in [6.07, 6.45) is 1.66. The van der Waals surface area contributed by atoms with Crippen LogP contribution in [-0.2, 0) is 0 Å². The molecule has 0 radical (unpaired) electrons. The van der Waals surface area contributed by atoms with Gasteiger partial charge in [0.15, 0.2) is 5.58 Å². The largest absolute Gasteiger partial charge is 0.435 e. The number of oxazole rings is 1. The fraction of sp³-hybridized carbons (Fsp3) is 0. The van der Waals surface area contributed by atoms with Crippen molar-refractivity contribution < 1.29 is 13.9 Å². The van der Waals surface area contributed by atoms with Gasteiger partial charge in [-0.15, -0.1) is 0 Å². The summed E-state index contributed by atoms with van der Waals surface area (Å²) in [6.45, 7) is 0. The fourth-order valence-electron chi connectivity index (χ4n) is 2.40. The number of nitrogens with zero attached hydrogens (tertiary/aromatic N) is 2. The Morgan fingerprint density at radius 1 is 1.00 bits per heavy atom. The smallest absolute Gasteiger partial charge is 0.343 e. The maximum absolute atomic E-state index is 12.3. The third kappa shape index (κ3) is 3.40. The van der Waals surface area contributed by atoms with E-state index in [-0.39, 0.29) is 5.56 Å². The Hall–Kier alpha value is -2.89. The number of halogens is 2. The SMILES string of the molecule is O=C(Oc1ccc2nc(-c3ccccn3)oc2c1)c1cc(Cl)cc(Cl)c1. The van der Waals surface area contributed by atoms with E-state index in [0.717, 1.165) is 0 Å². The maximum atomic E-state index is 12.3. The van der Waals surface area contributed by atoms with E-state index in [1.54, 1.807) is 36.5 Å². The van der Waals surface area contributed by atoms with E-state index in [1.165, 1.54) is 12.1 Å². The van der Waals surface area contributed by atoms with Crippen LogP contribution in [0.4, 0.5) is 0 Å². The number of pyridine rings is 1. The molecule has 0 spiro atoms.